The Labute approximate surface area is 768 Å². The van der Waals surface area contributed by atoms with Crippen molar-refractivity contribution in [2.75, 3.05) is 26.4 Å². The van der Waals surface area contributed by atoms with E-state index in [-0.39, 0.29) is 79.3 Å². The van der Waals surface area contributed by atoms with Crippen molar-refractivity contribution >= 4 is 16.3 Å². The first-order valence-corrected chi connectivity index (χ1v) is 45.8. The standard InChI is InChI=1S/C102H115NO28S/c1-67-88(115-56-72-39-19-6-20-40-72)93(116-57-73-41-21-7-22-42-73)97(120-61-77-49-29-11-30-50-77)101(123-67)130-91-83(103-68(2)104)98(126-81(64-113-54-70-35-15-4-16-36-70)89(91)128-99-87(108)86(107)84(105)80(124-99)66-122-132(109,110)111)131-92-85(106)79(63-112-53-69-33-13-3-14-34-69)125-102(95(92)118-59-75-45-25-9-26-46-75)129-90-82(65-114-55-71-37-17-5-18-38-71)127-100(121-62-78-51-31-12-32-52-78)96(119-60-76-47-27-10-28-48-76)94(90)117-58-74-43-23-8-24-44-74/h3-52,67,79-102,105-108H,53-66H2,1-2H3,(H,103,104)(H,109,110,111)/t67-,79+,80+,81+,82+,83+,84-,85-,86-,87+,88+,89+,90+,91+,92-,93+,94-,95+,96+,97-,98-,99-,100+,101-,102-/m0/s1. The molecule has 5 aliphatic heterocycles. The maximum absolute atomic E-state index is 14.9. The smallest absolute Gasteiger partial charge is 0.387 e. The number of benzene rings is 10. The second-order valence-corrected chi connectivity index (χ2v) is 34.1. The van der Waals surface area contributed by atoms with Crippen LogP contribution in [0.2, 0.25) is 0 Å². The molecule has 15 rings (SSSR count). The van der Waals surface area contributed by atoms with E-state index in [9.17, 15) is 38.2 Å². The monoisotopic (exact) mass is 1830 g/mol. The molecule has 5 aliphatic rings. The van der Waals surface area contributed by atoms with E-state index in [1.165, 1.54) is 6.92 Å². The van der Waals surface area contributed by atoms with Crippen molar-refractivity contribution in [1.29, 1.82) is 0 Å². The van der Waals surface area contributed by atoms with Gasteiger partial charge in [0.15, 0.2) is 31.5 Å². The van der Waals surface area contributed by atoms with E-state index >= 15 is 0 Å². The van der Waals surface area contributed by atoms with Crippen LogP contribution in [0.25, 0.3) is 0 Å². The largest absolute Gasteiger partial charge is 0.397 e. The van der Waals surface area contributed by atoms with Crippen LogP contribution in [0, 0.1) is 0 Å². The predicted molar refractivity (Wildman–Crippen MR) is 477 cm³/mol. The van der Waals surface area contributed by atoms with Crippen LogP contribution in [-0.4, -0.2) is 219 Å². The molecule has 702 valence electrons. The van der Waals surface area contributed by atoms with Crippen molar-refractivity contribution in [2.45, 2.75) is 233 Å². The molecule has 0 aliphatic carbocycles. The second kappa shape index (κ2) is 49.2. The summed E-state index contributed by atoms with van der Waals surface area (Å²) >= 11 is 0. The molecule has 10 aromatic rings. The summed E-state index contributed by atoms with van der Waals surface area (Å²) in [5.74, 6) is -0.709. The summed E-state index contributed by atoms with van der Waals surface area (Å²) in [5, 5.41) is 52.6. The van der Waals surface area contributed by atoms with Crippen LogP contribution in [0.1, 0.15) is 69.5 Å². The van der Waals surface area contributed by atoms with Crippen LogP contribution in [-0.2, 0) is 175 Å². The molecule has 1 amide bonds. The SMILES string of the molecule is CC(=O)N[C@H]1[C@H](O[C@H]2[C@@H](O)[C@@H](COCc3ccccc3)O[C@@H](O[C@H]3[C@H](OCc4ccccc4)[C@@H](OCc4ccccc4)[C@H](OCc4ccccc4)O[C@@H]3COCc3ccccc3)[C@@H]2OCc2ccccc2)O[C@H](COCc2ccccc2)[C@@H](O[C@@H]2O[C@H](COS(=O)(=O)O)[C@H](O)[C@H](O)[C@H]2O)[C@@H]1O[C@@H]1O[C@@H](C)[C@@H](OCc2ccccc2)[C@@H](OCc2ccccc2)[C@@H]1OCc1ccccc1. The van der Waals surface area contributed by atoms with Gasteiger partial charge in [-0.15, -0.1) is 0 Å². The molecule has 10 aromatic carbocycles. The number of aliphatic hydroxyl groups excluding tert-OH is 4. The molecular formula is C102H115NO28S. The number of ether oxygens (including phenoxy) is 19. The molecule has 0 unspecified atom stereocenters. The Morgan fingerprint density at radius 1 is 0.280 bits per heavy atom. The number of nitrogens with one attached hydrogen (secondary N) is 1. The lowest BCUT2D eigenvalue weighted by atomic mass is 9.93. The minimum Gasteiger partial charge on any atom is -0.387 e. The molecule has 0 bridgehead atoms. The molecule has 29 nitrogen and oxygen atoms in total. The van der Waals surface area contributed by atoms with Crippen molar-refractivity contribution in [3.8, 4) is 0 Å². The topological polar surface area (TPSA) is 349 Å². The number of aliphatic hydroxyl groups is 4. The lowest BCUT2D eigenvalue weighted by molar-refractivity contribution is -0.399. The number of rotatable bonds is 45. The van der Waals surface area contributed by atoms with Crippen LogP contribution in [0.3, 0.4) is 0 Å². The maximum atomic E-state index is 14.9. The van der Waals surface area contributed by atoms with Gasteiger partial charge in [0, 0.05) is 6.92 Å². The number of hydrogen-bond acceptors (Lipinski definition) is 27. The highest BCUT2D eigenvalue weighted by atomic mass is 32.3. The Balaban J connectivity index is 0.878. The summed E-state index contributed by atoms with van der Waals surface area (Å²) in [6.07, 6.45) is -37.1. The van der Waals surface area contributed by atoms with Gasteiger partial charge in [-0.2, -0.15) is 8.42 Å². The molecule has 0 aromatic heterocycles. The summed E-state index contributed by atoms with van der Waals surface area (Å²) in [4.78, 5) is 14.9. The van der Waals surface area contributed by atoms with E-state index in [1.807, 2.05) is 303 Å². The van der Waals surface area contributed by atoms with E-state index in [4.69, 9.17) is 94.2 Å². The Morgan fingerprint density at radius 3 is 0.939 bits per heavy atom. The number of carbonyl (C=O) groups excluding carboxylic acids is 1. The number of carbonyl (C=O) groups is 1. The molecule has 30 heteroatoms. The Bertz CT molecular complexity index is 5100. The highest BCUT2D eigenvalue weighted by molar-refractivity contribution is 7.80. The van der Waals surface area contributed by atoms with Gasteiger partial charge in [0.2, 0.25) is 5.91 Å². The van der Waals surface area contributed by atoms with Crippen LogP contribution in [0.15, 0.2) is 303 Å². The number of hydrogen-bond donors (Lipinski definition) is 6. The Morgan fingerprint density at radius 2 is 0.553 bits per heavy atom. The van der Waals surface area contributed by atoms with Crippen LogP contribution in [0.4, 0.5) is 0 Å². The van der Waals surface area contributed by atoms with Crippen molar-refractivity contribution in [3.05, 3.63) is 359 Å². The molecule has 25 atom stereocenters. The molecule has 0 spiro atoms. The summed E-state index contributed by atoms with van der Waals surface area (Å²) in [5.41, 5.74) is 7.87. The zero-order chi connectivity index (χ0) is 91.4. The van der Waals surface area contributed by atoms with Gasteiger partial charge in [-0.1, -0.05) is 303 Å². The van der Waals surface area contributed by atoms with E-state index < -0.39 is 183 Å². The van der Waals surface area contributed by atoms with Crippen molar-refractivity contribution < 1.29 is 132 Å². The highest BCUT2D eigenvalue weighted by Gasteiger charge is 2.60. The molecule has 5 saturated heterocycles. The van der Waals surface area contributed by atoms with Gasteiger partial charge in [0.05, 0.1) is 98.6 Å². The zero-order valence-corrected chi connectivity index (χ0v) is 74.1. The quantitative estimate of drug-likeness (QED) is 0.0193. The van der Waals surface area contributed by atoms with Gasteiger partial charge < -0.3 is 116 Å². The Kier molecular flexibility index (Phi) is 36.2. The molecular weight excluding hydrogens is 1720 g/mol. The second-order valence-electron chi connectivity index (χ2n) is 33.1. The van der Waals surface area contributed by atoms with Crippen molar-refractivity contribution in [2.24, 2.45) is 0 Å². The third kappa shape index (κ3) is 27.7. The molecule has 5 fully saturated rings. The number of amides is 1. The summed E-state index contributed by atoms with van der Waals surface area (Å²) in [7, 11) is -5.23. The normalized spacial score (nSPS) is 29.2. The van der Waals surface area contributed by atoms with Crippen LogP contribution >= 0.6 is 0 Å². The minimum absolute atomic E-state index is 0.0131. The first kappa shape index (κ1) is 97.2. The molecule has 0 radical (unpaired) electrons. The summed E-state index contributed by atoms with van der Waals surface area (Å²) in [6, 6.07) is 93.1. The Hall–Kier alpha value is -9.38. The minimum atomic E-state index is -5.23. The average Bonchev–Trinajstić information content (AvgIpc) is 0.754. The van der Waals surface area contributed by atoms with Crippen LogP contribution in [0.5, 0.6) is 0 Å². The van der Waals surface area contributed by atoms with Gasteiger partial charge in [0.1, 0.15) is 116 Å². The summed E-state index contributed by atoms with van der Waals surface area (Å²) in [6.45, 7) is 1.11. The third-order valence-corrected chi connectivity index (χ3v) is 23.8. The first-order valence-electron chi connectivity index (χ1n) is 44.4. The zero-order valence-electron chi connectivity index (χ0n) is 73.2. The lowest BCUT2D eigenvalue weighted by Crippen LogP contribution is -2.71. The fourth-order valence-electron chi connectivity index (χ4n) is 16.6. The van der Waals surface area contributed by atoms with Gasteiger partial charge in [-0.25, -0.2) is 4.18 Å². The van der Waals surface area contributed by atoms with E-state index in [0.29, 0.717) is 11.1 Å². The lowest BCUT2D eigenvalue weighted by Gasteiger charge is -2.53. The van der Waals surface area contributed by atoms with Crippen molar-refractivity contribution in [3.63, 3.8) is 0 Å². The van der Waals surface area contributed by atoms with Crippen LogP contribution < -0.4 is 5.32 Å². The molecule has 132 heavy (non-hydrogen) atoms. The van der Waals surface area contributed by atoms with E-state index in [1.54, 1.807) is 6.92 Å². The van der Waals surface area contributed by atoms with Gasteiger partial charge in [-0.05, 0) is 62.6 Å². The van der Waals surface area contributed by atoms with Crippen molar-refractivity contribution in [1.82, 2.24) is 5.32 Å². The first-order chi connectivity index (χ1) is 64.5. The van der Waals surface area contributed by atoms with E-state index in [0.717, 1.165) is 44.5 Å². The predicted octanol–water partition coefficient (Wildman–Crippen LogP) is 11.3. The van der Waals surface area contributed by atoms with Gasteiger partial charge in [-0.3, -0.25) is 9.35 Å². The summed E-state index contributed by atoms with van der Waals surface area (Å²) < 4.78 is 175. The fraction of sp³-hybridized carbons (Fsp3) is 0.402. The average molecular weight is 1840 g/mol. The highest BCUT2D eigenvalue weighted by Crippen LogP contribution is 2.42. The maximum Gasteiger partial charge on any atom is 0.397 e. The third-order valence-electron chi connectivity index (χ3n) is 23.3. The fourth-order valence-corrected chi connectivity index (χ4v) is 16.9. The van der Waals surface area contributed by atoms with Gasteiger partial charge >= 0.3 is 10.4 Å². The molecule has 0 saturated carbocycles. The molecule has 5 heterocycles. The molecule has 6 N–H and O–H groups in total. The van der Waals surface area contributed by atoms with Gasteiger partial charge in [0.25, 0.3) is 0 Å². The van der Waals surface area contributed by atoms with E-state index in [2.05, 4.69) is 5.32 Å².